The fourth-order valence-electron chi connectivity index (χ4n) is 11.2. The van der Waals surface area contributed by atoms with Crippen LogP contribution in [0.25, 0.3) is 32.2 Å². The van der Waals surface area contributed by atoms with Crippen molar-refractivity contribution in [2.24, 2.45) is 13.0 Å². The van der Waals surface area contributed by atoms with Crippen LogP contribution in [-0.2, 0) is 29.6 Å². The highest BCUT2D eigenvalue weighted by molar-refractivity contribution is 7.22. The van der Waals surface area contributed by atoms with Gasteiger partial charge < -0.3 is 24.5 Å². The molecule has 17 heteroatoms. The van der Waals surface area contributed by atoms with E-state index in [1.165, 1.54) is 11.3 Å². The number of benzene rings is 4. The Morgan fingerprint density at radius 3 is 2.42 bits per heavy atom. The van der Waals surface area contributed by atoms with Crippen LogP contribution in [0.1, 0.15) is 74.8 Å². The fourth-order valence-corrected chi connectivity index (χ4v) is 12.0. The number of aromatic nitrogens is 4. The van der Waals surface area contributed by atoms with Crippen LogP contribution in [0.4, 0.5) is 16.6 Å². The second-order valence-electron chi connectivity index (χ2n) is 19.5. The van der Waals surface area contributed by atoms with Gasteiger partial charge in [-0.25, -0.2) is 14.8 Å². The lowest BCUT2D eigenvalue weighted by atomic mass is 9.92. The number of hydrogen-bond donors (Lipinski definition) is 3. The molecule has 11 rings (SSSR count). The molecule has 0 spiro atoms. The topological polar surface area (TPSA) is 178 Å². The number of pyridine rings is 1. The van der Waals surface area contributed by atoms with E-state index in [1.54, 1.807) is 0 Å². The van der Waals surface area contributed by atoms with Crippen LogP contribution in [0.5, 0.6) is 5.75 Å². The van der Waals surface area contributed by atoms with E-state index in [2.05, 4.69) is 42.5 Å². The first-order chi connectivity index (χ1) is 35.0. The summed E-state index contributed by atoms with van der Waals surface area (Å²) >= 11 is 1.43. The summed E-state index contributed by atoms with van der Waals surface area (Å²) in [6, 6.07) is 29.3. The van der Waals surface area contributed by atoms with Gasteiger partial charge in [0.15, 0.2) is 10.8 Å². The van der Waals surface area contributed by atoms with Gasteiger partial charge in [0.2, 0.25) is 11.8 Å². The molecule has 3 fully saturated rings. The number of thiazole rings is 1. The predicted molar refractivity (Wildman–Crippen MR) is 279 cm³/mol. The van der Waals surface area contributed by atoms with Crippen molar-refractivity contribution >= 4 is 72.8 Å². The zero-order chi connectivity index (χ0) is 49.5. The SMILES string of the molecule is Cc1c(OCCN2CCN(CC3CCN(c4cccc5c(C6CCC(=O)NC6=O)nn(C)c45)CC3)CC2)cccc1-c1ccc(N2CCc3cccc(C(=O)Nc4nc5ccccc5s4)c3C2)nc1C(=O)O. The average molecular weight is 987 g/mol. The number of fused-ring (bicyclic) bond motifs is 3. The van der Waals surface area contributed by atoms with Gasteiger partial charge in [-0.1, -0.05) is 59.9 Å². The molecule has 7 heterocycles. The number of rotatable bonds is 13. The Morgan fingerprint density at radius 2 is 1.61 bits per heavy atom. The van der Waals surface area contributed by atoms with Crippen molar-refractivity contribution in [3.8, 4) is 16.9 Å². The maximum atomic E-state index is 13.7. The third-order valence-corrected chi connectivity index (χ3v) is 16.0. The molecule has 3 aromatic heterocycles. The van der Waals surface area contributed by atoms with Gasteiger partial charge in [-0.05, 0) is 103 Å². The van der Waals surface area contributed by atoms with Crippen LogP contribution in [0.3, 0.4) is 0 Å². The Kier molecular flexibility index (Phi) is 13.2. The smallest absolute Gasteiger partial charge is 0.355 e. The van der Waals surface area contributed by atoms with E-state index in [0.29, 0.717) is 67.0 Å². The fraction of sp³-hybridized carbons (Fsp3) is 0.364. The highest BCUT2D eigenvalue weighted by Crippen LogP contribution is 2.38. The maximum absolute atomic E-state index is 13.7. The number of ether oxygens (including phenoxy) is 1. The molecule has 0 saturated carbocycles. The Labute approximate surface area is 421 Å². The molecule has 1 atom stereocenters. The minimum atomic E-state index is -1.11. The summed E-state index contributed by atoms with van der Waals surface area (Å²) in [6.45, 7) is 11.3. The van der Waals surface area contributed by atoms with Crippen molar-refractivity contribution < 1.29 is 29.0 Å². The van der Waals surface area contributed by atoms with Crippen LogP contribution < -0.4 is 25.2 Å². The molecule has 16 nitrogen and oxygen atoms in total. The molecule has 0 bridgehead atoms. The minimum Gasteiger partial charge on any atom is -0.492 e. The molecule has 3 saturated heterocycles. The molecule has 4 aliphatic heterocycles. The quantitative estimate of drug-likeness (QED) is 0.0969. The second kappa shape index (κ2) is 20.1. The molecule has 4 aromatic carbocycles. The van der Waals surface area contributed by atoms with E-state index >= 15 is 0 Å². The number of nitrogens with zero attached hydrogens (tertiary/aromatic N) is 8. The van der Waals surface area contributed by atoms with Crippen LogP contribution in [-0.4, -0.2) is 124 Å². The lowest BCUT2D eigenvalue weighted by molar-refractivity contribution is -0.134. The number of aryl methyl sites for hydroxylation is 1. The Balaban J connectivity index is 0.670. The number of imide groups is 1. The molecule has 370 valence electrons. The number of amides is 3. The number of carbonyl (C=O) groups excluding carboxylic acids is 3. The van der Waals surface area contributed by atoms with E-state index in [1.807, 2.05) is 102 Å². The van der Waals surface area contributed by atoms with Crippen molar-refractivity contribution in [3.05, 3.63) is 125 Å². The summed E-state index contributed by atoms with van der Waals surface area (Å²) in [5, 5.41) is 22.3. The number of para-hydroxylation sites is 2. The van der Waals surface area contributed by atoms with Gasteiger partial charge in [0.25, 0.3) is 5.91 Å². The normalized spacial score (nSPS) is 18.1. The van der Waals surface area contributed by atoms with Crippen molar-refractivity contribution in [1.82, 2.24) is 34.9 Å². The Bertz CT molecular complexity index is 3190. The highest BCUT2D eigenvalue weighted by Gasteiger charge is 2.33. The predicted octanol–water partition coefficient (Wildman–Crippen LogP) is 7.50. The summed E-state index contributed by atoms with van der Waals surface area (Å²) in [5.41, 5.74) is 8.42. The van der Waals surface area contributed by atoms with E-state index in [4.69, 9.17) is 14.8 Å². The van der Waals surface area contributed by atoms with Gasteiger partial charge in [-0.3, -0.25) is 34.6 Å². The van der Waals surface area contributed by atoms with E-state index in [0.717, 1.165) is 126 Å². The van der Waals surface area contributed by atoms with Crippen LogP contribution >= 0.6 is 11.3 Å². The maximum Gasteiger partial charge on any atom is 0.355 e. The molecule has 0 radical (unpaired) electrons. The minimum absolute atomic E-state index is 0.0340. The van der Waals surface area contributed by atoms with Crippen molar-refractivity contribution in [3.63, 3.8) is 0 Å². The molecule has 3 amide bonds. The molecular weight excluding hydrogens is 929 g/mol. The van der Waals surface area contributed by atoms with E-state index in [9.17, 15) is 24.3 Å². The van der Waals surface area contributed by atoms with Gasteiger partial charge in [-0.15, -0.1) is 0 Å². The van der Waals surface area contributed by atoms with Gasteiger partial charge in [0, 0.05) is 95.4 Å². The summed E-state index contributed by atoms with van der Waals surface area (Å²) in [7, 11) is 1.94. The van der Waals surface area contributed by atoms with Crippen molar-refractivity contribution in [2.45, 2.75) is 51.5 Å². The number of piperidine rings is 2. The van der Waals surface area contributed by atoms with Gasteiger partial charge in [0.05, 0.1) is 33.0 Å². The zero-order valence-electron chi connectivity index (χ0n) is 40.6. The molecule has 72 heavy (non-hydrogen) atoms. The first kappa shape index (κ1) is 47.1. The standard InChI is InChI=1S/C55H58N10O6S/c1-34-37(38-16-18-47(57-50(38)54(69)70)65-25-22-36-8-5-10-39(42(36)33-65)52(67)59-55-56-43-12-3-4-15-46(43)72-55)9-7-14-45(34)71-31-30-62-26-28-63(29-27-62)32-35-20-23-64(24-21-35)44-13-6-11-40-49(60-61(2)51(40)44)41-17-19-48(66)58-53(41)68/h3-16,18,35,41H,17,19-33H2,1-2H3,(H,69,70)(H,56,59,67)(H,58,66,68). The number of piperazine rings is 1. The molecule has 3 N–H and O–H groups in total. The molecular formula is C55H58N10O6S. The largest absolute Gasteiger partial charge is 0.492 e. The third-order valence-electron chi connectivity index (χ3n) is 15.1. The van der Waals surface area contributed by atoms with E-state index < -0.39 is 11.9 Å². The number of carbonyl (C=O) groups is 4. The highest BCUT2D eigenvalue weighted by atomic mass is 32.1. The summed E-state index contributed by atoms with van der Waals surface area (Å²) in [4.78, 5) is 70.0. The van der Waals surface area contributed by atoms with Gasteiger partial charge in [0.1, 0.15) is 18.2 Å². The van der Waals surface area contributed by atoms with Crippen LogP contribution in [0.2, 0.25) is 0 Å². The van der Waals surface area contributed by atoms with E-state index in [-0.39, 0.29) is 23.4 Å². The summed E-state index contributed by atoms with van der Waals surface area (Å²) < 4.78 is 9.30. The molecule has 1 unspecified atom stereocenters. The monoisotopic (exact) mass is 986 g/mol. The lowest BCUT2D eigenvalue weighted by Gasteiger charge is -2.39. The van der Waals surface area contributed by atoms with Gasteiger partial charge >= 0.3 is 5.97 Å². The van der Waals surface area contributed by atoms with Crippen LogP contribution in [0.15, 0.2) is 91.0 Å². The summed E-state index contributed by atoms with van der Waals surface area (Å²) in [5.74, 6) is -0.363. The number of aromatic carboxylic acids is 1. The first-order valence-corrected chi connectivity index (χ1v) is 25.8. The molecule has 4 aliphatic rings. The molecule has 0 aliphatic carbocycles. The second-order valence-corrected chi connectivity index (χ2v) is 20.5. The lowest BCUT2D eigenvalue weighted by Crippen LogP contribution is -2.49. The number of carboxylic acid groups (broad SMARTS) is 1. The van der Waals surface area contributed by atoms with Crippen LogP contribution in [0, 0.1) is 12.8 Å². The first-order valence-electron chi connectivity index (χ1n) is 25.0. The van der Waals surface area contributed by atoms with Crippen molar-refractivity contribution in [2.75, 3.05) is 80.6 Å². The number of anilines is 3. The Hall–Kier alpha value is -7.21. The Morgan fingerprint density at radius 1 is 0.819 bits per heavy atom. The average Bonchev–Trinajstić information content (AvgIpc) is 3.96. The number of nitrogens with one attached hydrogen (secondary N) is 2. The third kappa shape index (κ3) is 9.51. The molecule has 7 aromatic rings. The number of hydrogen-bond acceptors (Lipinski definition) is 13. The van der Waals surface area contributed by atoms with Gasteiger partial charge in [-0.2, -0.15) is 5.10 Å². The number of carboxylic acids is 1. The zero-order valence-corrected chi connectivity index (χ0v) is 41.4. The van der Waals surface area contributed by atoms with Crippen molar-refractivity contribution in [1.29, 1.82) is 0 Å². The summed E-state index contributed by atoms with van der Waals surface area (Å²) in [6.07, 6.45) is 3.71.